The summed E-state index contributed by atoms with van der Waals surface area (Å²) in [7, 11) is 0. The topological polar surface area (TPSA) is 60.5 Å². The van der Waals surface area contributed by atoms with Crippen molar-refractivity contribution in [2.75, 3.05) is 18.5 Å². The van der Waals surface area contributed by atoms with E-state index >= 15 is 0 Å². The highest BCUT2D eigenvalue weighted by atomic mass is 79.9. The third-order valence-corrected chi connectivity index (χ3v) is 5.19. The molecule has 1 aromatic heterocycles. The number of thiazole rings is 1. The summed E-state index contributed by atoms with van der Waals surface area (Å²) >= 11 is 10.8. The van der Waals surface area contributed by atoms with E-state index in [1.54, 1.807) is 18.2 Å². The van der Waals surface area contributed by atoms with Gasteiger partial charge in [-0.2, -0.15) is 0 Å². The number of hydrogen-bond donors (Lipinski definition) is 1. The molecule has 8 heteroatoms. The zero-order chi connectivity index (χ0) is 16.7. The largest absolute Gasteiger partial charge is 0.486 e. The maximum atomic E-state index is 12.4. The zero-order valence-electron chi connectivity index (χ0n) is 12.1. The number of halogens is 2. The molecule has 0 fully saturated rings. The summed E-state index contributed by atoms with van der Waals surface area (Å²) in [5.74, 6) is 1.07. The fourth-order valence-corrected chi connectivity index (χ4v) is 3.99. The summed E-state index contributed by atoms with van der Waals surface area (Å²) in [4.78, 5) is 16.8. The second-order valence-electron chi connectivity index (χ2n) is 5.06. The Balaban J connectivity index is 1.63. The predicted octanol–water partition coefficient (Wildman–Crippen LogP) is 4.74. The number of benzene rings is 2. The summed E-state index contributed by atoms with van der Waals surface area (Å²) in [6.45, 7) is 1.05. The van der Waals surface area contributed by atoms with E-state index in [2.05, 4.69) is 26.2 Å². The van der Waals surface area contributed by atoms with Gasteiger partial charge in [-0.1, -0.05) is 38.9 Å². The summed E-state index contributed by atoms with van der Waals surface area (Å²) in [5.41, 5.74) is 1.14. The molecular formula is C16H10BrClN2O3S. The molecule has 0 saturated carbocycles. The first-order chi connectivity index (χ1) is 11.6. The van der Waals surface area contributed by atoms with E-state index in [9.17, 15) is 4.79 Å². The van der Waals surface area contributed by atoms with Crippen LogP contribution in [0, 0.1) is 0 Å². The molecule has 24 heavy (non-hydrogen) atoms. The van der Waals surface area contributed by atoms with E-state index in [4.69, 9.17) is 21.1 Å². The maximum absolute atomic E-state index is 12.4. The van der Waals surface area contributed by atoms with Crippen LogP contribution in [0.4, 0.5) is 5.13 Å². The summed E-state index contributed by atoms with van der Waals surface area (Å²) < 4.78 is 12.8. The first kappa shape index (κ1) is 15.7. The summed E-state index contributed by atoms with van der Waals surface area (Å²) in [6, 6.07) is 8.81. The number of rotatable bonds is 2. The van der Waals surface area contributed by atoms with Gasteiger partial charge in [-0.15, -0.1) is 0 Å². The van der Waals surface area contributed by atoms with Gasteiger partial charge in [0.25, 0.3) is 5.91 Å². The van der Waals surface area contributed by atoms with E-state index in [-0.39, 0.29) is 5.91 Å². The van der Waals surface area contributed by atoms with Crippen molar-refractivity contribution < 1.29 is 14.3 Å². The Hall–Kier alpha value is -1.83. The lowest BCUT2D eigenvalue weighted by Crippen LogP contribution is -2.15. The molecule has 1 N–H and O–H groups in total. The van der Waals surface area contributed by atoms with E-state index in [0.717, 1.165) is 14.7 Å². The van der Waals surface area contributed by atoms with Gasteiger partial charge >= 0.3 is 0 Å². The van der Waals surface area contributed by atoms with Crippen molar-refractivity contribution in [1.29, 1.82) is 0 Å². The maximum Gasteiger partial charge on any atom is 0.258 e. The Bertz CT molecular complexity index is 917. The van der Waals surface area contributed by atoms with Gasteiger partial charge in [0.2, 0.25) is 0 Å². The van der Waals surface area contributed by atoms with Crippen molar-refractivity contribution in [3.8, 4) is 11.5 Å². The van der Waals surface area contributed by atoms with Gasteiger partial charge in [0.15, 0.2) is 16.6 Å². The lowest BCUT2D eigenvalue weighted by atomic mass is 10.2. The second-order valence-corrected chi connectivity index (χ2v) is 7.41. The Labute approximate surface area is 154 Å². The molecule has 1 aliphatic heterocycles. The van der Waals surface area contributed by atoms with Crippen LogP contribution < -0.4 is 14.8 Å². The lowest BCUT2D eigenvalue weighted by molar-refractivity contribution is 0.102. The predicted molar refractivity (Wildman–Crippen MR) is 97.7 cm³/mol. The molecule has 122 valence electrons. The number of hydrogen-bond acceptors (Lipinski definition) is 5. The number of ether oxygens (including phenoxy) is 2. The SMILES string of the molecule is O=C(Nc1nc2cc3c(cc2s1)OCCO3)c1ccc(Br)cc1Cl. The fraction of sp³-hybridized carbons (Fsp3) is 0.125. The molecule has 2 heterocycles. The molecule has 4 rings (SSSR count). The highest BCUT2D eigenvalue weighted by molar-refractivity contribution is 9.10. The summed E-state index contributed by atoms with van der Waals surface area (Å²) in [5, 5.41) is 3.66. The molecule has 0 unspecified atom stereocenters. The van der Waals surface area contributed by atoms with Gasteiger partial charge in [-0.05, 0) is 18.2 Å². The van der Waals surface area contributed by atoms with E-state index in [1.165, 1.54) is 11.3 Å². The van der Waals surface area contributed by atoms with Crippen molar-refractivity contribution in [3.63, 3.8) is 0 Å². The first-order valence-electron chi connectivity index (χ1n) is 7.07. The Kier molecular flexibility index (Phi) is 4.07. The summed E-state index contributed by atoms with van der Waals surface area (Å²) in [6.07, 6.45) is 0. The van der Waals surface area contributed by atoms with Crippen LogP contribution in [0.3, 0.4) is 0 Å². The normalized spacial score (nSPS) is 13.1. The lowest BCUT2D eigenvalue weighted by Gasteiger charge is -2.17. The van der Waals surface area contributed by atoms with Crippen LogP contribution in [-0.2, 0) is 0 Å². The molecule has 0 spiro atoms. The third-order valence-electron chi connectivity index (χ3n) is 3.45. The standard InChI is InChI=1S/C16H10BrClN2O3S/c17-8-1-2-9(10(18)5-8)15(21)20-16-19-11-6-12-13(7-14(11)24-16)23-4-3-22-12/h1-2,5-7H,3-4H2,(H,19,20,21). The number of carbonyl (C=O) groups excluding carboxylic acids is 1. The van der Waals surface area contributed by atoms with Crippen LogP contribution in [0.5, 0.6) is 11.5 Å². The number of amides is 1. The Morgan fingerprint density at radius 2 is 1.96 bits per heavy atom. The third kappa shape index (κ3) is 2.94. The highest BCUT2D eigenvalue weighted by Crippen LogP contribution is 2.38. The van der Waals surface area contributed by atoms with Crippen LogP contribution in [0.2, 0.25) is 5.02 Å². The minimum absolute atomic E-state index is 0.302. The van der Waals surface area contributed by atoms with Crippen LogP contribution in [0.15, 0.2) is 34.8 Å². The number of aromatic nitrogens is 1. The monoisotopic (exact) mass is 424 g/mol. The molecule has 2 aromatic carbocycles. The fourth-order valence-electron chi connectivity index (χ4n) is 2.36. The molecule has 0 bridgehead atoms. The van der Waals surface area contributed by atoms with Crippen molar-refractivity contribution in [3.05, 3.63) is 45.4 Å². The Morgan fingerprint density at radius 1 is 1.21 bits per heavy atom. The molecule has 1 amide bonds. The molecule has 0 atom stereocenters. The van der Waals surface area contributed by atoms with Crippen LogP contribution in [0.1, 0.15) is 10.4 Å². The first-order valence-corrected chi connectivity index (χ1v) is 9.05. The van der Waals surface area contributed by atoms with E-state index in [0.29, 0.717) is 40.4 Å². The average molecular weight is 426 g/mol. The Morgan fingerprint density at radius 3 is 2.71 bits per heavy atom. The molecule has 3 aromatic rings. The van der Waals surface area contributed by atoms with Gasteiger partial charge in [-0.3, -0.25) is 10.1 Å². The van der Waals surface area contributed by atoms with Crippen LogP contribution in [0.25, 0.3) is 10.2 Å². The second kappa shape index (κ2) is 6.23. The average Bonchev–Trinajstić information content (AvgIpc) is 2.93. The molecular weight excluding hydrogens is 416 g/mol. The van der Waals surface area contributed by atoms with Crippen LogP contribution in [-0.4, -0.2) is 24.1 Å². The smallest absolute Gasteiger partial charge is 0.258 e. The zero-order valence-corrected chi connectivity index (χ0v) is 15.3. The van der Waals surface area contributed by atoms with E-state index in [1.807, 2.05) is 12.1 Å². The van der Waals surface area contributed by atoms with Crippen molar-refractivity contribution in [2.24, 2.45) is 0 Å². The molecule has 1 aliphatic rings. The van der Waals surface area contributed by atoms with Crippen molar-refractivity contribution in [1.82, 2.24) is 4.98 Å². The van der Waals surface area contributed by atoms with Gasteiger partial charge < -0.3 is 9.47 Å². The van der Waals surface area contributed by atoms with Gasteiger partial charge in [0, 0.05) is 16.6 Å². The molecule has 5 nitrogen and oxygen atoms in total. The molecule has 0 radical (unpaired) electrons. The van der Waals surface area contributed by atoms with Crippen molar-refractivity contribution in [2.45, 2.75) is 0 Å². The number of anilines is 1. The van der Waals surface area contributed by atoms with Gasteiger partial charge in [0.1, 0.15) is 13.2 Å². The number of fused-ring (bicyclic) bond motifs is 2. The number of nitrogens with one attached hydrogen (secondary N) is 1. The minimum Gasteiger partial charge on any atom is -0.486 e. The van der Waals surface area contributed by atoms with Crippen molar-refractivity contribution >= 4 is 60.1 Å². The van der Waals surface area contributed by atoms with E-state index < -0.39 is 0 Å². The molecule has 0 aliphatic carbocycles. The van der Waals surface area contributed by atoms with Gasteiger partial charge in [-0.25, -0.2) is 4.98 Å². The number of nitrogens with zero attached hydrogens (tertiary/aromatic N) is 1. The van der Waals surface area contributed by atoms with Gasteiger partial charge in [0.05, 0.1) is 20.8 Å². The van der Waals surface area contributed by atoms with Crippen LogP contribution >= 0.6 is 38.9 Å². The quantitative estimate of drug-likeness (QED) is 0.644. The number of carbonyl (C=O) groups is 1. The molecule has 0 saturated heterocycles. The minimum atomic E-state index is -0.302. The highest BCUT2D eigenvalue weighted by Gasteiger charge is 2.17.